The molecular formula is C23H33NO3S2. The predicted octanol–water partition coefficient (Wildman–Crippen LogP) is 5.70. The highest BCUT2D eigenvalue weighted by atomic mass is 32.2. The molecule has 6 heteroatoms. The number of aliphatic hydroxyl groups is 1. The average molecular weight is 436 g/mol. The lowest BCUT2D eigenvalue weighted by atomic mass is 9.80. The van der Waals surface area contributed by atoms with Gasteiger partial charge in [0.2, 0.25) is 0 Å². The molecule has 0 bridgehead atoms. The van der Waals surface area contributed by atoms with Gasteiger partial charge in [0.05, 0.1) is 5.60 Å². The first-order chi connectivity index (χ1) is 14.0. The van der Waals surface area contributed by atoms with Gasteiger partial charge in [-0.3, -0.25) is 9.59 Å². The van der Waals surface area contributed by atoms with Crippen molar-refractivity contribution in [1.82, 2.24) is 4.98 Å². The van der Waals surface area contributed by atoms with Crippen molar-refractivity contribution in [3.05, 3.63) is 23.2 Å². The lowest BCUT2D eigenvalue weighted by Crippen LogP contribution is -2.28. The number of carbonyl (C=O) groups is 2. The first-order valence-electron chi connectivity index (χ1n) is 10.9. The molecule has 0 aromatic carbocycles. The molecule has 1 unspecified atom stereocenters. The van der Waals surface area contributed by atoms with E-state index in [-0.39, 0.29) is 11.8 Å². The van der Waals surface area contributed by atoms with Gasteiger partial charge in [-0.15, -0.1) is 11.3 Å². The second-order valence-corrected chi connectivity index (χ2v) is 11.1. The number of Topliss-reactive ketones (excluding diaryl/α,β-unsaturated/α-hetero) is 1. The van der Waals surface area contributed by atoms with Crippen molar-refractivity contribution < 1.29 is 14.7 Å². The second kappa shape index (κ2) is 10.9. The van der Waals surface area contributed by atoms with Crippen LogP contribution in [0, 0.1) is 17.8 Å². The lowest BCUT2D eigenvalue weighted by Gasteiger charge is -2.30. The van der Waals surface area contributed by atoms with E-state index in [0.29, 0.717) is 30.2 Å². The highest BCUT2D eigenvalue weighted by Gasteiger charge is 2.33. The molecule has 1 aromatic heterocycles. The Morgan fingerprint density at radius 3 is 2.83 bits per heavy atom. The van der Waals surface area contributed by atoms with Gasteiger partial charge in [0, 0.05) is 23.5 Å². The summed E-state index contributed by atoms with van der Waals surface area (Å²) in [6.45, 7) is 1.96. The van der Waals surface area contributed by atoms with Crippen LogP contribution in [0.1, 0.15) is 81.6 Å². The Morgan fingerprint density at radius 1 is 1.31 bits per heavy atom. The van der Waals surface area contributed by atoms with Crippen LogP contribution in [-0.2, 0) is 4.79 Å². The summed E-state index contributed by atoms with van der Waals surface area (Å²) in [6.07, 6.45) is 15.5. The zero-order valence-corrected chi connectivity index (χ0v) is 19.0. The smallest absolute Gasteiger partial charge is 0.169 e. The molecule has 0 spiro atoms. The van der Waals surface area contributed by atoms with E-state index in [9.17, 15) is 14.7 Å². The SMILES string of the molecule is CC(O)(C/C=C/[C@H]1CCC(=O)[C@@H]1CCSc1nc(C=O)cs1)CC1CCCCC1. The first kappa shape index (κ1) is 22.7. The average Bonchev–Trinajstić information content (AvgIpc) is 3.29. The van der Waals surface area contributed by atoms with Crippen LogP contribution in [0.3, 0.4) is 0 Å². The minimum absolute atomic E-state index is 0.0764. The van der Waals surface area contributed by atoms with E-state index >= 15 is 0 Å². The predicted molar refractivity (Wildman–Crippen MR) is 120 cm³/mol. The third kappa shape index (κ3) is 7.04. The van der Waals surface area contributed by atoms with E-state index in [1.165, 1.54) is 43.4 Å². The number of allylic oxidation sites excluding steroid dienone is 1. The van der Waals surface area contributed by atoms with Crippen molar-refractivity contribution in [2.75, 3.05) is 5.75 Å². The number of hydrogen-bond donors (Lipinski definition) is 1. The molecule has 29 heavy (non-hydrogen) atoms. The van der Waals surface area contributed by atoms with Crippen molar-refractivity contribution in [2.24, 2.45) is 17.8 Å². The Kier molecular flexibility index (Phi) is 8.51. The second-order valence-electron chi connectivity index (χ2n) is 8.91. The zero-order valence-electron chi connectivity index (χ0n) is 17.3. The minimum Gasteiger partial charge on any atom is -0.390 e. The molecule has 3 rings (SSSR count). The Hall–Kier alpha value is -0.980. The van der Waals surface area contributed by atoms with Crippen LogP contribution in [0.15, 0.2) is 21.9 Å². The van der Waals surface area contributed by atoms with Gasteiger partial charge in [-0.2, -0.15) is 0 Å². The number of thioether (sulfide) groups is 1. The van der Waals surface area contributed by atoms with E-state index in [4.69, 9.17) is 0 Å². The van der Waals surface area contributed by atoms with Crippen molar-refractivity contribution in [3.8, 4) is 0 Å². The van der Waals surface area contributed by atoms with Gasteiger partial charge >= 0.3 is 0 Å². The lowest BCUT2D eigenvalue weighted by molar-refractivity contribution is -0.121. The number of aromatic nitrogens is 1. The molecular weight excluding hydrogens is 402 g/mol. The zero-order chi connectivity index (χ0) is 20.7. The van der Waals surface area contributed by atoms with Crippen LogP contribution in [0.4, 0.5) is 0 Å². The molecule has 2 aliphatic rings. The van der Waals surface area contributed by atoms with Gasteiger partial charge in [0.25, 0.3) is 0 Å². The highest BCUT2D eigenvalue weighted by molar-refractivity contribution is 8.01. The third-order valence-corrected chi connectivity index (χ3v) is 8.40. The summed E-state index contributed by atoms with van der Waals surface area (Å²) in [5.74, 6) is 2.23. The van der Waals surface area contributed by atoms with Gasteiger partial charge < -0.3 is 5.11 Å². The number of thiazole rings is 1. The number of nitrogens with zero attached hydrogens (tertiary/aromatic N) is 1. The maximum absolute atomic E-state index is 12.3. The molecule has 1 heterocycles. The summed E-state index contributed by atoms with van der Waals surface area (Å²) in [4.78, 5) is 27.3. The Balaban J connectivity index is 1.45. The van der Waals surface area contributed by atoms with Gasteiger partial charge in [-0.1, -0.05) is 56.0 Å². The van der Waals surface area contributed by atoms with Crippen molar-refractivity contribution in [1.29, 1.82) is 0 Å². The molecule has 0 radical (unpaired) electrons. The minimum atomic E-state index is -0.645. The largest absolute Gasteiger partial charge is 0.390 e. The van der Waals surface area contributed by atoms with E-state index in [2.05, 4.69) is 17.1 Å². The maximum Gasteiger partial charge on any atom is 0.169 e. The van der Waals surface area contributed by atoms with Crippen LogP contribution in [0.5, 0.6) is 0 Å². The summed E-state index contributed by atoms with van der Waals surface area (Å²) in [7, 11) is 0. The van der Waals surface area contributed by atoms with Crippen LogP contribution in [0.25, 0.3) is 0 Å². The molecule has 4 nitrogen and oxygen atoms in total. The summed E-state index contributed by atoms with van der Waals surface area (Å²) >= 11 is 3.11. The molecule has 2 aliphatic carbocycles. The molecule has 160 valence electrons. The van der Waals surface area contributed by atoms with Gasteiger partial charge in [0.15, 0.2) is 10.6 Å². The number of aldehydes is 1. The topological polar surface area (TPSA) is 67.3 Å². The van der Waals surface area contributed by atoms with Gasteiger partial charge in [-0.05, 0) is 44.4 Å². The molecule has 0 aliphatic heterocycles. The summed E-state index contributed by atoms with van der Waals surface area (Å²) < 4.78 is 0.892. The van der Waals surface area contributed by atoms with Gasteiger partial charge in [0.1, 0.15) is 11.5 Å². The molecule has 3 atom stereocenters. The monoisotopic (exact) mass is 435 g/mol. The number of rotatable bonds is 10. The number of carbonyl (C=O) groups excluding carboxylic acids is 2. The van der Waals surface area contributed by atoms with E-state index in [0.717, 1.165) is 35.6 Å². The molecule has 1 aromatic rings. The quantitative estimate of drug-likeness (QED) is 0.290. The standard InChI is InChI=1S/C23H33NO3S2/c1-23(27,14-17-6-3-2-4-7-17)12-5-8-18-9-10-21(26)20(18)11-13-28-22-24-19(15-25)16-29-22/h5,8,15-18,20,27H,2-4,6-7,9-14H2,1H3/b8-5+/t18-,20+,23?/m0/s1. The molecule has 2 saturated carbocycles. The van der Waals surface area contributed by atoms with Crippen LogP contribution < -0.4 is 0 Å². The molecule has 0 saturated heterocycles. The Morgan fingerprint density at radius 2 is 2.10 bits per heavy atom. The van der Waals surface area contributed by atoms with Crippen molar-refractivity contribution >= 4 is 35.2 Å². The fraction of sp³-hybridized carbons (Fsp3) is 0.696. The molecule has 1 N–H and O–H groups in total. The van der Waals surface area contributed by atoms with E-state index in [1.807, 2.05) is 6.92 Å². The molecule has 0 amide bonds. The Bertz CT molecular complexity index is 707. The summed E-state index contributed by atoms with van der Waals surface area (Å²) in [6, 6.07) is 0. The van der Waals surface area contributed by atoms with Crippen molar-refractivity contribution in [2.45, 2.75) is 81.1 Å². The summed E-state index contributed by atoms with van der Waals surface area (Å²) in [5.41, 5.74) is -0.163. The fourth-order valence-electron chi connectivity index (χ4n) is 4.80. The van der Waals surface area contributed by atoms with Crippen molar-refractivity contribution in [3.63, 3.8) is 0 Å². The number of hydrogen-bond acceptors (Lipinski definition) is 6. The number of ketones is 1. The Labute approximate surface area is 182 Å². The van der Waals surface area contributed by atoms with Gasteiger partial charge in [-0.25, -0.2) is 4.98 Å². The van der Waals surface area contributed by atoms with Crippen LogP contribution in [-0.4, -0.2) is 33.5 Å². The highest BCUT2D eigenvalue weighted by Crippen LogP contribution is 2.36. The first-order valence-corrected chi connectivity index (χ1v) is 12.8. The fourth-order valence-corrected chi connectivity index (χ4v) is 6.67. The molecule has 2 fully saturated rings. The van der Waals surface area contributed by atoms with Crippen LogP contribution >= 0.6 is 23.1 Å². The maximum atomic E-state index is 12.3. The normalized spacial score (nSPS) is 25.5. The van der Waals surface area contributed by atoms with E-state index < -0.39 is 5.60 Å². The van der Waals surface area contributed by atoms with Crippen LogP contribution in [0.2, 0.25) is 0 Å². The third-order valence-electron chi connectivity index (χ3n) is 6.32. The van der Waals surface area contributed by atoms with E-state index in [1.54, 1.807) is 17.1 Å². The summed E-state index contributed by atoms with van der Waals surface area (Å²) in [5, 5.41) is 12.6.